The van der Waals surface area contributed by atoms with Crippen molar-refractivity contribution in [2.24, 2.45) is 0 Å². The first-order valence-electron chi connectivity index (χ1n) is 11.8. The quantitative estimate of drug-likeness (QED) is 0.676. The Balaban J connectivity index is 1.48. The van der Waals surface area contributed by atoms with Gasteiger partial charge in [0, 0.05) is 19.1 Å². The fraction of sp³-hybridized carbons (Fsp3) is 0.520. The van der Waals surface area contributed by atoms with Gasteiger partial charge in [0.1, 0.15) is 11.2 Å². The lowest BCUT2D eigenvalue weighted by Gasteiger charge is -2.43. The number of benzene rings is 1. The summed E-state index contributed by atoms with van der Waals surface area (Å²) in [6.45, 7) is 6.76. The van der Waals surface area contributed by atoms with Crippen molar-refractivity contribution in [3.8, 4) is 0 Å². The number of hydrogen-bond donors (Lipinski definition) is 2. The maximum absolute atomic E-state index is 13.4. The molecule has 1 unspecified atom stereocenters. The number of carbonyl (C=O) groups excluding carboxylic acids is 3. The number of aromatic nitrogens is 2. The van der Waals surface area contributed by atoms with Crippen molar-refractivity contribution in [1.82, 2.24) is 25.1 Å². The van der Waals surface area contributed by atoms with E-state index in [2.05, 4.69) is 21.7 Å². The zero-order chi connectivity index (χ0) is 23.6. The first-order valence-corrected chi connectivity index (χ1v) is 11.8. The summed E-state index contributed by atoms with van der Waals surface area (Å²) in [6, 6.07) is 8.31. The molecule has 1 atom stereocenters. The Morgan fingerprint density at radius 1 is 1.24 bits per heavy atom. The van der Waals surface area contributed by atoms with Gasteiger partial charge in [0.15, 0.2) is 5.69 Å². The SMILES string of the molecule is CCN1C(=O)c2c(C(=O)NCCc3cccc(C)c3)ncn2CC1(C)C(=O)NC1CCCC1. The van der Waals surface area contributed by atoms with Crippen LogP contribution in [-0.2, 0) is 17.8 Å². The second kappa shape index (κ2) is 9.37. The number of nitrogens with one attached hydrogen (secondary N) is 2. The number of rotatable bonds is 7. The van der Waals surface area contributed by atoms with Crippen molar-refractivity contribution in [2.45, 2.75) is 71.0 Å². The fourth-order valence-electron chi connectivity index (χ4n) is 5.03. The molecule has 2 N–H and O–H groups in total. The van der Waals surface area contributed by atoms with E-state index in [-0.39, 0.29) is 41.7 Å². The smallest absolute Gasteiger partial charge is 0.273 e. The zero-order valence-electron chi connectivity index (χ0n) is 19.7. The van der Waals surface area contributed by atoms with E-state index in [9.17, 15) is 14.4 Å². The molecule has 0 bridgehead atoms. The van der Waals surface area contributed by atoms with Crippen LogP contribution >= 0.6 is 0 Å². The van der Waals surface area contributed by atoms with Gasteiger partial charge in [-0.25, -0.2) is 4.98 Å². The molecule has 33 heavy (non-hydrogen) atoms. The molecule has 176 valence electrons. The summed E-state index contributed by atoms with van der Waals surface area (Å²) in [4.78, 5) is 45.3. The maximum Gasteiger partial charge on any atom is 0.273 e. The summed E-state index contributed by atoms with van der Waals surface area (Å²) in [5.41, 5.74) is 1.64. The third kappa shape index (κ3) is 4.51. The lowest BCUT2D eigenvalue weighted by atomic mass is 9.94. The predicted molar refractivity (Wildman–Crippen MR) is 125 cm³/mol. The van der Waals surface area contributed by atoms with Gasteiger partial charge in [-0.05, 0) is 45.6 Å². The molecular formula is C25H33N5O3. The van der Waals surface area contributed by atoms with Crippen LogP contribution in [0.25, 0.3) is 0 Å². The molecule has 0 saturated heterocycles. The maximum atomic E-state index is 13.4. The molecule has 1 aromatic heterocycles. The summed E-state index contributed by atoms with van der Waals surface area (Å²) >= 11 is 0. The Morgan fingerprint density at radius 2 is 2.00 bits per heavy atom. The zero-order valence-corrected chi connectivity index (χ0v) is 19.7. The molecule has 1 fully saturated rings. The lowest BCUT2D eigenvalue weighted by Crippen LogP contribution is -2.64. The van der Waals surface area contributed by atoms with E-state index in [1.54, 1.807) is 16.4 Å². The van der Waals surface area contributed by atoms with E-state index in [1.165, 1.54) is 11.9 Å². The van der Waals surface area contributed by atoms with Crippen LogP contribution < -0.4 is 10.6 Å². The van der Waals surface area contributed by atoms with Crippen molar-refractivity contribution < 1.29 is 14.4 Å². The first kappa shape index (κ1) is 23.0. The summed E-state index contributed by atoms with van der Waals surface area (Å²) in [5, 5.41) is 6.02. The highest BCUT2D eigenvalue weighted by Crippen LogP contribution is 2.29. The Kier molecular flexibility index (Phi) is 6.54. The van der Waals surface area contributed by atoms with Crippen molar-refractivity contribution in [2.75, 3.05) is 13.1 Å². The van der Waals surface area contributed by atoms with Gasteiger partial charge in [-0.15, -0.1) is 0 Å². The number of fused-ring (bicyclic) bond motifs is 1. The van der Waals surface area contributed by atoms with E-state index in [1.807, 2.05) is 32.0 Å². The monoisotopic (exact) mass is 451 g/mol. The van der Waals surface area contributed by atoms with Gasteiger partial charge < -0.3 is 20.1 Å². The largest absolute Gasteiger partial charge is 0.351 e. The number of nitrogens with zero attached hydrogens (tertiary/aromatic N) is 3. The van der Waals surface area contributed by atoms with Gasteiger partial charge in [0.2, 0.25) is 5.91 Å². The molecular weight excluding hydrogens is 418 g/mol. The van der Waals surface area contributed by atoms with E-state index in [4.69, 9.17) is 0 Å². The summed E-state index contributed by atoms with van der Waals surface area (Å²) in [5.74, 6) is -0.859. The molecule has 1 aliphatic carbocycles. The molecule has 3 amide bonds. The number of aryl methyl sites for hydroxylation is 1. The van der Waals surface area contributed by atoms with E-state index in [0.29, 0.717) is 19.5 Å². The highest BCUT2D eigenvalue weighted by molar-refractivity contribution is 6.07. The minimum Gasteiger partial charge on any atom is -0.351 e. The Morgan fingerprint density at radius 3 is 2.70 bits per heavy atom. The molecule has 4 rings (SSSR count). The Hall–Kier alpha value is -3.16. The number of imidazole rings is 1. The van der Waals surface area contributed by atoms with Crippen molar-refractivity contribution in [1.29, 1.82) is 0 Å². The van der Waals surface area contributed by atoms with Gasteiger partial charge in [0.05, 0.1) is 12.9 Å². The van der Waals surface area contributed by atoms with E-state index >= 15 is 0 Å². The number of hydrogen-bond acceptors (Lipinski definition) is 4. The van der Waals surface area contributed by atoms with Crippen LogP contribution in [0.2, 0.25) is 0 Å². The molecule has 8 heteroatoms. The minimum atomic E-state index is -1.03. The van der Waals surface area contributed by atoms with Crippen LogP contribution in [-0.4, -0.2) is 56.8 Å². The molecule has 2 aromatic rings. The van der Waals surface area contributed by atoms with E-state index < -0.39 is 5.54 Å². The number of likely N-dealkylation sites (N-methyl/N-ethyl adjacent to an activating group) is 1. The van der Waals surface area contributed by atoms with Gasteiger partial charge in [-0.2, -0.15) is 0 Å². The average Bonchev–Trinajstić information content (AvgIpc) is 3.44. The number of amides is 3. The van der Waals surface area contributed by atoms with Crippen LogP contribution in [0.5, 0.6) is 0 Å². The van der Waals surface area contributed by atoms with Gasteiger partial charge >= 0.3 is 0 Å². The van der Waals surface area contributed by atoms with Crippen LogP contribution in [0.4, 0.5) is 0 Å². The Labute approximate surface area is 194 Å². The van der Waals surface area contributed by atoms with Gasteiger partial charge in [-0.3, -0.25) is 14.4 Å². The average molecular weight is 452 g/mol. The molecule has 2 heterocycles. The predicted octanol–water partition coefficient (Wildman–Crippen LogP) is 2.46. The highest BCUT2D eigenvalue weighted by Gasteiger charge is 2.48. The molecule has 2 aliphatic rings. The van der Waals surface area contributed by atoms with Crippen molar-refractivity contribution in [3.63, 3.8) is 0 Å². The fourth-order valence-corrected chi connectivity index (χ4v) is 5.03. The first-order chi connectivity index (χ1) is 15.8. The third-order valence-electron chi connectivity index (χ3n) is 6.85. The highest BCUT2D eigenvalue weighted by atomic mass is 16.2. The van der Waals surface area contributed by atoms with Gasteiger partial charge in [-0.1, -0.05) is 42.7 Å². The van der Waals surface area contributed by atoms with E-state index in [0.717, 1.165) is 31.2 Å². The molecule has 0 radical (unpaired) electrons. The topological polar surface area (TPSA) is 96.3 Å². The molecule has 0 spiro atoms. The summed E-state index contributed by atoms with van der Waals surface area (Å²) in [7, 11) is 0. The molecule has 1 saturated carbocycles. The van der Waals surface area contributed by atoms with Crippen molar-refractivity contribution >= 4 is 17.7 Å². The number of carbonyl (C=O) groups is 3. The van der Waals surface area contributed by atoms with Gasteiger partial charge in [0.25, 0.3) is 11.8 Å². The van der Waals surface area contributed by atoms with Crippen molar-refractivity contribution in [3.05, 3.63) is 53.1 Å². The second-order valence-corrected chi connectivity index (χ2v) is 9.34. The van der Waals surface area contributed by atoms with Crippen LogP contribution in [0.3, 0.4) is 0 Å². The van der Waals surface area contributed by atoms with Crippen LogP contribution in [0, 0.1) is 6.92 Å². The molecule has 1 aliphatic heterocycles. The summed E-state index contributed by atoms with van der Waals surface area (Å²) < 4.78 is 1.65. The molecule has 8 nitrogen and oxygen atoms in total. The minimum absolute atomic E-state index is 0.112. The second-order valence-electron chi connectivity index (χ2n) is 9.34. The Bertz CT molecular complexity index is 1060. The summed E-state index contributed by atoms with van der Waals surface area (Å²) in [6.07, 6.45) is 6.38. The molecule has 1 aromatic carbocycles. The lowest BCUT2D eigenvalue weighted by molar-refractivity contribution is -0.133. The standard InChI is InChI=1S/C25H33N5O3/c1-4-30-23(32)21-20(22(31)26-13-12-18-9-7-8-17(2)14-18)27-16-29(21)15-25(30,3)24(33)28-19-10-5-6-11-19/h7-9,14,16,19H,4-6,10-13,15H2,1-3H3,(H,26,31)(H,28,33). The van der Waals surface area contributed by atoms with Crippen LogP contribution in [0.1, 0.15) is 71.6 Å². The normalized spacial score (nSPS) is 20.6. The third-order valence-corrected chi connectivity index (χ3v) is 6.85. The van der Waals surface area contributed by atoms with Crippen LogP contribution in [0.15, 0.2) is 30.6 Å².